The third-order valence-electron chi connectivity index (χ3n) is 17.0. The van der Waals surface area contributed by atoms with Gasteiger partial charge in [0, 0.05) is 103 Å². The molecule has 2 aromatic rings. The molecule has 0 aliphatic heterocycles. The highest BCUT2D eigenvalue weighted by molar-refractivity contribution is 5.82. The fraction of sp³-hybridized carbons (Fsp3) is 0.680. The van der Waals surface area contributed by atoms with Gasteiger partial charge >= 0.3 is 125 Å². The molecule has 714 valence electrons. The summed E-state index contributed by atoms with van der Waals surface area (Å²) in [6.45, 7) is 5.32. The number of alkyl halides is 10. The van der Waals surface area contributed by atoms with E-state index in [-0.39, 0.29) is 202 Å². The molecule has 0 radical (unpaired) electrons. The first-order valence-corrected chi connectivity index (χ1v) is 40.3. The Balaban J connectivity index is 1.92. The van der Waals surface area contributed by atoms with Gasteiger partial charge < -0.3 is 79.3 Å². The van der Waals surface area contributed by atoms with Crippen molar-refractivity contribution >= 4 is 60.4 Å². The number of unbranched alkanes of at least 4 members (excludes halogenated alkanes) is 18. The molecule has 2 heterocycles. The fourth-order valence-electron chi connectivity index (χ4n) is 10.8. The van der Waals surface area contributed by atoms with Gasteiger partial charge in [0.1, 0.15) is 52.9 Å². The van der Waals surface area contributed by atoms with Crippen LogP contribution in [0, 0.1) is 0 Å². The summed E-state index contributed by atoms with van der Waals surface area (Å²) in [4.78, 5) is 198. The van der Waals surface area contributed by atoms with Gasteiger partial charge in [-0.1, -0.05) is 103 Å². The molecule has 0 saturated heterocycles. The number of alkyl carbamates (subject to hydrolysis) is 6. The summed E-state index contributed by atoms with van der Waals surface area (Å²) in [5.74, 6) is -2.80. The van der Waals surface area contributed by atoms with Crippen LogP contribution < -0.4 is 66.0 Å². The van der Waals surface area contributed by atoms with Gasteiger partial charge in [0.25, 0.3) is 0 Å². The first kappa shape index (κ1) is 111. The Hall–Kier alpha value is -11.5. The number of esters is 4. The standard InChI is InChI=1S/C75H110F10N12O29/c1-5-55(98)114-45-49-118-59(102)86-33-21-9-15-27-39-92-65(108)93(40-28-16-10-22-34-87-60(103)119-50-46-115-56(99)6-2)68(111)96(67(92)110)43-31-19-13-25-37-90-63(106)122-53-71(76,77)124-73(80,81)74(82,83)126-75(84,85)125-72(78,79)54-123-64(107)91-38-26-14-20-32-44-97-69(112)94(41-29-17-11-23-35-88-61(104)120-51-47-116-57(100)7-3)66(109)95(70(97)113)42-30-18-12-24-36-89-62(105)121-52-48-117-58(101)8-4/h5-8H,1-4,9-54H2,(H,86,102)(H,87,103)(H,88,104)(H,89,105)(H,90,106)(H,91,107). The minimum Gasteiger partial charge on any atom is -0.459 e. The molecule has 0 aliphatic carbocycles. The summed E-state index contributed by atoms with van der Waals surface area (Å²) >= 11 is 0. The van der Waals surface area contributed by atoms with E-state index < -0.39 is 145 Å². The summed E-state index contributed by atoms with van der Waals surface area (Å²) in [7, 11) is 0. The topological polar surface area (TPSA) is 495 Å². The quantitative estimate of drug-likeness (QED) is 0.00972. The summed E-state index contributed by atoms with van der Waals surface area (Å²) in [6, 6.07) is 0. The third-order valence-corrected chi connectivity index (χ3v) is 17.0. The normalized spacial score (nSPS) is 11.5. The van der Waals surface area contributed by atoms with Gasteiger partial charge in [-0.2, -0.15) is 35.1 Å². The van der Waals surface area contributed by atoms with E-state index in [1.54, 1.807) is 0 Å². The molecular formula is C75H110F10N12O29. The average Bonchev–Trinajstić information content (AvgIpc) is 0.803. The van der Waals surface area contributed by atoms with E-state index in [2.05, 4.69) is 71.3 Å². The number of nitrogens with one attached hydrogen (secondary N) is 6. The maximum Gasteiger partial charge on any atom is 0.495 e. The molecule has 126 heavy (non-hydrogen) atoms. The maximum absolute atomic E-state index is 14.4. The lowest BCUT2D eigenvalue weighted by molar-refractivity contribution is -0.566. The molecule has 6 N–H and O–H groups in total. The first-order chi connectivity index (χ1) is 59.8. The molecule has 0 atom stereocenters. The highest BCUT2D eigenvalue weighted by atomic mass is 19.3. The number of aromatic nitrogens is 6. The number of carbonyl (C=O) groups excluding carboxylic acids is 10. The van der Waals surface area contributed by atoms with Crippen molar-refractivity contribution in [2.75, 3.05) is 105 Å². The molecule has 0 spiro atoms. The molecular weight excluding hydrogens is 1720 g/mol. The van der Waals surface area contributed by atoms with E-state index in [4.69, 9.17) is 37.9 Å². The van der Waals surface area contributed by atoms with Gasteiger partial charge in [-0.05, 0) is 77.0 Å². The van der Waals surface area contributed by atoms with Crippen LogP contribution in [0.1, 0.15) is 154 Å². The third kappa shape index (κ3) is 47.5. The minimum absolute atomic E-state index is 0.0105. The van der Waals surface area contributed by atoms with E-state index in [0.29, 0.717) is 77.0 Å². The van der Waals surface area contributed by atoms with Gasteiger partial charge in [0.2, 0.25) is 0 Å². The van der Waals surface area contributed by atoms with Crippen molar-refractivity contribution in [1.29, 1.82) is 0 Å². The number of amides is 6. The fourth-order valence-corrected chi connectivity index (χ4v) is 10.8. The van der Waals surface area contributed by atoms with Gasteiger partial charge in [-0.15, -0.1) is 8.78 Å². The monoisotopic (exact) mass is 1830 g/mol. The molecule has 51 heteroatoms. The van der Waals surface area contributed by atoms with Crippen LogP contribution in [-0.2, 0) is 120 Å². The van der Waals surface area contributed by atoms with E-state index in [9.17, 15) is 121 Å². The Kier molecular flexibility index (Phi) is 53.5. The smallest absolute Gasteiger partial charge is 0.459 e. The zero-order valence-electron chi connectivity index (χ0n) is 69.5. The molecule has 0 saturated carbocycles. The highest BCUT2D eigenvalue weighted by Crippen LogP contribution is 2.44. The molecule has 0 bridgehead atoms. The molecule has 0 fully saturated rings. The zero-order valence-corrected chi connectivity index (χ0v) is 69.5. The van der Waals surface area contributed by atoms with Gasteiger partial charge in [0.15, 0.2) is 13.2 Å². The Bertz CT molecular complexity index is 3990. The van der Waals surface area contributed by atoms with Crippen molar-refractivity contribution in [2.45, 2.75) is 224 Å². The van der Waals surface area contributed by atoms with Crippen LogP contribution in [0.4, 0.5) is 72.7 Å². The largest absolute Gasteiger partial charge is 0.495 e. The van der Waals surface area contributed by atoms with Crippen LogP contribution in [0.25, 0.3) is 0 Å². The molecule has 0 aromatic carbocycles. The van der Waals surface area contributed by atoms with Crippen molar-refractivity contribution in [3.05, 3.63) is 114 Å². The summed E-state index contributed by atoms with van der Waals surface area (Å²) < 4.78 is 203. The van der Waals surface area contributed by atoms with Crippen molar-refractivity contribution in [2.24, 2.45) is 0 Å². The second-order valence-electron chi connectivity index (χ2n) is 26.9. The van der Waals surface area contributed by atoms with Crippen LogP contribution >= 0.6 is 0 Å². The number of nitrogens with zero attached hydrogens (tertiary/aromatic N) is 6. The van der Waals surface area contributed by atoms with Crippen molar-refractivity contribution < 1.29 is 153 Å². The SMILES string of the molecule is C=CC(=O)OCCOC(=O)NCCCCCCn1c(=O)n(CCCCCCNC(=O)OCCOC(=O)C=C)c(=O)n(CCCCCCNC(=O)OCC(F)(F)OC(F)(F)OC(F)(F)C(F)(F)OC(F)(F)COC(=O)NCCCCCCn2c(=O)n(CCCCCCNC(=O)OCCOC(=O)C=C)c(=O)n(CCCCCCNC(=O)OCCOC(=O)C=C)c2=O)c1=O. The van der Waals surface area contributed by atoms with Crippen molar-refractivity contribution in [1.82, 2.24) is 59.3 Å². The van der Waals surface area contributed by atoms with E-state index in [1.807, 2.05) is 10.6 Å². The van der Waals surface area contributed by atoms with Crippen LogP contribution in [0.2, 0.25) is 0 Å². The number of hydrogen-bond acceptors (Lipinski definition) is 29. The summed E-state index contributed by atoms with van der Waals surface area (Å²) in [5.41, 5.74) is -5.50. The second-order valence-corrected chi connectivity index (χ2v) is 26.9. The van der Waals surface area contributed by atoms with E-state index in [1.165, 1.54) is 0 Å². The van der Waals surface area contributed by atoms with Crippen LogP contribution in [0.5, 0.6) is 0 Å². The Morgan fingerprint density at radius 2 is 0.421 bits per heavy atom. The van der Waals surface area contributed by atoms with Crippen LogP contribution in [0.3, 0.4) is 0 Å². The Morgan fingerprint density at radius 3 is 0.627 bits per heavy atom. The molecule has 41 nitrogen and oxygen atoms in total. The summed E-state index contributed by atoms with van der Waals surface area (Å²) in [5, 5.41) is 13.9. The lowest BCUT2D eigenvalue weighted by Gasteiger charge is -2.31. The van der Waals surface area contributed by atoms with Gasteiger partial charge in [0.05, 0.1) is 0 Å². The zero-order chi connectivity index (χ0) is 94.0. The lowest BCUT2D eigenvalue weighted by atomic mass is 10.2. The van der Waals surface area contributed by atoms with Crippen molar-refractivity contribution in [3.63, 3.8) is 0 Å². The number of halogens is 10. The van der Waals surface area contributed by atoms with E-state index >= 15 is 0 Å². The number of hydrogen-bond donors (Lipinski definition) is 6. The molecule has 0 unspecified atom stereocenters. The average molecular weight is 1830 g/mol. The molecule has 0 aliphatic rings. The lowest BCUT2D eigenvalue weighted by Crippen LogP contribution is -2.54. The van der Waals surface area contributed by atoms with Crippen LogP contribution in [0.15, 0.2) is 79.4 Å². The van der Waals surface area contributed by atoms with Gasteiger partial charge in [-0.25, -0.2) is 118 Å². The number of ether oxygens (including phenoxy) is 13. The number of carbonyl (C=O) groups is 10. The first-order valence-electron chi connectivity index (χ1n) is 40.3. The van der Waals surface area contributed by atoms with Crippen molar-refractivity contribution in [3.8, 4) is 0 Å². The van der Waals surface area contributed by atoms with Gasteiger partial charge in [-0.3, -0.25) is 0 Å². The minimum atomic E-state index is -6.94. The molecule has 2 rings (SSSR count). The van der Waals surface area contributed by atoms with Crippen LogP contribution in [-0.4, -0.2) is 224 Å². The predicted molar refractivity (Wildman–Crippen MR) is 418 cm³/mol. The van der Waals surface area contributed by atoms with E-state index in [0.717, 1.165) is 51.7 Å². The number of rotatable bonds is 69. The highest BCUT2D eigenvalue weighted by Gasteiger charge is 2.69. The molecule has 6 amide bonds. The second kappa shape index (κ2) is 60.9. The Morgan fingerprint density at radius 1 is 0.246 bits per heavy atom. The molecule has 2 aromatic heterocycles. The Labute approximate surface area is 714 Å². The summed E-state index contributed by atoms with van der Waals surface area (Å²) in [6.07, 6.45) is -26.4. The predicted octanol–water partition coefficient (Wildman–Crippen LogP) is 6.96. The maximum atomic E-state index is 14.4.